The molecule has 1 atom stereocenters. The summed E-state index contributed by atoms with van der Waals surface area (Å²) in [5.41, 5.74) is 4.16. The molecular weight excluding hydrogens is 257 g/mol. The number of hydrogen-bond acceptors (Lipinski definition) is 3. The van der Waals surface area contributed by atoms with Gasteiger partial charge in [-0.25, -0.2) is 4.98 Å². The number of aromatic nitrogens is 3. The van der Waals surface area contributed by atoms with E-state index >= 15 is 0 Å². The Balaban J connectivity index is 2.26. The quantitative estimate of drug-likeness (QED) is 0.912. The van der Waals surface area contributed by atoms with Crippen LogP contribution in [0, 0.1) is 0 Å². The first-order valence-electron chi connectivity index (χ1n) is 6.00. The zero-order valence-corrected chi connectivity index (χ0v) is 10.3. The van der Waals surface area contributed by atoms with Gasteiger partial charge in [0.1, 0.15) is 11.3 Å². The van der Waals surface area contributed by atoms with Crippen LogP contribution in [0.1, 0.15) is 31.6 Å². The summed E-state index contributed by atoms with van der Waals surface area (Å²) in [6, 6.07) is 1.74. The SMILES string of the molecule is CC(N)(c1nc2cnccc2n1C1CC1)C(F)(F)F. The van der Waals surface area contributed by atoms with Crippen molar-refractivity contribution >= 4 is 11.0 Å². The van der Waals surface area contributed by atoms with Gasteiger partial charge in [0.15, 0.2) is 5.54 Å². The Kier molecular flexibility index (Phi) is 2.41. The first kappa shape index (κ1) is 12.4. The monoisotopic (exact) mass is 270 g/mol. The van der Waals surface area contributed by atoms with Gasteiger partial charge in [-0.15, -0.1) is 0 Å². The molecular formula is C12H13F3N4. The van der Waals surface area contributed by atoms with Crippen LogP contribution in [0.5, 0.6) is 0 Å². The predicted molar refractivity (Wildman–Crippen MR) is 63.4 cm³/mol. The summed E-state index contributed by atoms with van der Waals surface area (Å²) >= 11 is 0. The number of imidazole rings is 1. The number of fused-ring (bicyclic) bond motifs is 1. The molecule has 19 heavy (non-hydrogen) atoms. The summed E-state index contributed by atoms with van der Waals surface area (Å²) in [5.74, 6) is -0.134. The predicted octanol–water partition coefficient (Wildman–Crippen LogP) is 2.50. The fraction of sp³-hybridized carbons (Fsp3) is 0.500. The van der Waals surface area contributed by atoms with Crippen molar-refractivity contribution in [2.75, 3.05) is 0 Å². The molecule has 2 N–H and O–H groups in total. The van der Waals surface area contributed by atoms with Gasteiger partial charge in [-0.2, -0.15) is 13.2 Å². The molecule has 0 aliphatic heterocycles. The lowest BCUT2D eigenvalue weighted by Gasteiger charge is -2.27. The van der Waals surface area contributed by atoms with E-state index in [-0.39, 0.29) is 11.9 Å². The summed E-state index contributed by atoms with van der Waals surface area (Å²) < 4.78 is 41.0. The number of alkyl halides is 3. The molecule has 0 saturated heterocycles. The van der Waals surface area contributed by atoms with Gasteiger partial charge in [0.2, 0.25) is 0 Å². The minimum absolute atomic E-state index is 0.0626. The fourth-order valence-corrected chi connectivity index (χ4v) is 2.15. The Bertz CT molecular complexity index is 625. The van der Waals surface area contributed by atoms with Crippen LogP contribution in [-0.2, 0) is 5.54 Å². The number of nitrogens with zero attached hydrogens (tertiary/aromatic N) is 3. The van der Waals surface area contributed by atoms with Gasteiger partial charge < -0.3 is 10.3 Å². The zero-order valence-electron chi connectivity index (χ0n) is 10.3. The highest BCUT2D eigenvalue weighted by Gasteiger charge is 2.53. The Hall–Kier alpha value is -1.63. The molecule has 0 radical (unpaired) electrons. The maximum Gasteiger partial charge on any atom is 0.413 e. The van der Waals surface area contributed by atoms with E-state index in [9.17, 15) is 13.2 Å². The van der Waals surface area contributed by atoms with E-state index < -0.39 is 11.7 Å². The summed E-state index contributed by atoms with van der Waals surface area (Å²) in [7, 11) is 0. The topological polar surface area (TPSA) is 56.7 Å². The third-order valence-corrected chi connectivity index (χ3v) is 3.46. The second-order valence-corrected chi connectivity index (χ2v) is 5.10. The van der Waals surface area contributed by atoms with E-state index in [0.717, 1.165) is 19.8 Å². The molecule has 2 aromatic heterocycles. The fourth-order valence-electron chi connectivity index (χ4n) is 2.15. The second-order valence-electron chi connectivity index (χ2n) is 5.10. The average Bonchev–Trinajstić information content (AvgIpc) is 3.07. The maximum absolute atomic E-state index is 13.1. The van der Waals surface area contributed by atoms with Gasteiger partial charge in [0, 0.05) is 12.2 Å². The summed E-state index contributed by atoms with van der Waals surface area (Å²) in [6.45, 7) is 0.959. The molecule has 0 aromatic carbocycles. The lowest BCUT2D eigenvalue weighted by molar-refractivity contribution is -0.186. The molecule has 102 valence electrons. The standard InChI is InChI=1S/C12H13F3N4/c1-11(16,12(13,14)15)10-18-8-6-17-5-4-9(8)19(10)7-2-3-7/h4-7H,2-3,16H2,1H3. The number of rotatable bonds is 2. The number of hydrogen-bond donors (Lipinski definition) is 1. The van der Waals surface area contributed by atoms with Crippen LogP contribution in [0.2, 0.25) is 0 Å². The molecule has 2 heterocycles. The molecule has 2 aromatic rings. The average molecular weight is 270 g/mol. The Labute approximate surface area is 107 Å². The molecule has 1 fully saturated rings. The largest absolute Gasteiger partial charge is 0.413 e. The van der Waals surface area contributed by atoms with Gasteiger partial charge in [0.25, 0.3) is 0 Å². The molecule has 0 spiro atoms. The first-order chi connectivity index (χ1) is 8.82. The van der Waals surface area contributed by atoms with Crippen molar-refractivity contribution in [3.63, 3.8) is 0 Å². The molecule has 7 heteroatoms. The van der Waals surface area contributed by atoms with E-state index in [1.165, 1.54) is 6.20 Å². The van der Waals surface area contributed by atoms with E-state index in [1.807, 2.05) is 0 Å². The van der Waals surface area contributed by atoms with Gasteiger partial charge in [-0.1, -0.05) is 0 Å². The molecule has 1 unspecified atom stereocenters. The highest BCUT2D eigenvalue weighted by molar-refractivity contribution is 5.75. The van der Waals surface area contributed by atoms with E-state index in [2.05, 4.69) is 9.97 Å². The van der Waals surface area contributed by atoms with Crippen LogP contribution >= 0.6 is 0 Å². The molecule has 1 aliphatic carbocycles. The van der Waals surface area contributed by atoms with Crippen LogP contribution in [-0.4, -0.2) is 20.7 Å². The van der Waals surface area contributed by atoms with Gasteiger partial charge >= 0.3 is 6.18 Å². The van der Waals surface area contributed by atoms with Crippen molar-refractivity contribution in [3.8, 4) is 0 Å². The minimum Gasteiger partial charge on any atom is -0.323 e. The number of nitrogens with two attached hydrogens (primary N) is 1. The Morgan fingerprint density at radius 1 is 1.37 bits per heavy atom. The molecule has 0 bridgehead atoms. The van der Waals surface area contributed by atoms with Crippen LogP contribution in [0.4, 0.5) is 13.2 Å². The van der Waals surface area contributed by atoms with Crippen molar-refractivity contribution in [3.05, 3.63) is 24.3 Å². The van der Waals surface area contributed by atoms with Gasteiger partial charge in [-0.05, 0) is 25.8 Å². The van der Waals surface area contributed by atoms with Crippen LogP contribution in [0.3, 0.4) is 0 Å². The van der Waals surface area contributed by atoms with E-state index in [0.29, 0.717) is 11.0 Å². The third kappa shape index (κ3) is 1.80. The molecule has 0 amide bonds. The number of halogens is 3. The van der Waals surface area contributed by atoms with Crippen molar-refractivity contribution in [1.29, 1.82) is 0 Å². The highest BCUT2D eigenvalue weighted by atomic mass is 19.4. The lowest BCUT2D eigenvalue weighted by Crippen LogP contribution is -2.49. The molecule has 4 nitrogen and oxygen atoms in total. The van der Waals surface area contributed by atoms with Crippen LogP contribution < -0.4 is 5.73 Å². The van der Waals surface area contributed by atoms with Crippen molar-refractivity contribution < 1.29 is 13.2 Å². The van der Waals surface area contributed by atoms with Crippen LogP contribution in [0.25, 0.3) is 11.0 Å². The van der Waals surface area contributed by atoms with Crippen LogP contribution in [0.15, 0.2) is 18.5 Å². The lowest BCUT2D eigenvalue weighted by atomic mass is 10.0. The smallest absolute Gasteiger partial charge is 0.323 e. The summed E-state index contributed by atoms with van der Waals surface area (Å²) in [5, 5.41) is 0. The minimum atomic E-state index is -4.55. The van der Waals surface area contributed by atoms with Gasteiger partial charge in [-0.3, -0.25) is 4.98 Å². The van der Waals surface area contributed by atoms with E-state index in [4.69, 9.17) is 5.73 Å². The zero-order chi connectivity index (χ0) is 13.8. The summed E-state index contributed by atoms with van der Waals surface area (Å²) in [4.78, 5) is 7.96. The van der Waals surface area contributed by atoms with Gasteiger partial charge in [0.05, 0.1) is 11.7 Å². The first-order valence-corrected chi connectivity index (χ1v) is 6.00. The normalized spacial score (nSPS) is 19.6. The molecule has 1 aliphatic rings. The molecule has 3 rings (SSSR count). The molecule has 1 saturated carbocycles. The van der Waals surface area contributed by atoms with E-state index in [1.54, 1.807) is 16.8 Å². The summed E-state index contributed by atoms with van der Waals surface area (Å²) in [6.07, 6.45) is 0.177. The Morgan fingerprint density at radius 3 is 2.63 bits per heavy atom. The van der Waals surface area contributed by atoms with Crippen molar-refractivity contribution in [2.24, 2.45) is 5.73 Å². The Morgan fingerprint density at radius 2 is 2.05 bits per heavy atom. The maximum atomic E-state index is 13.1. The number of pyridine rings is 1. The van der Waals surface area contributed by atoms with Crippen molar-refractivity contribution in [1.82, 2.24) is 14.5 Å². The second kappa shape index (κ2) is 3.69. The third-order valence-electron chi connectivity index (χ3n) is 3.46. The van der Waals surface area contributed by atoms with Crippen molar-refractivity contribution in [2.45, 2.75) is 37.5 Å². The highest BCUT2D eigenvalue weighted by Crippen LogP contribution is 2.43.